The molecule has 0 bridgehead atoms. The van der Waals surface area contributed by atoms with Gasteiger partial charge in [-0.25, -0.2) is 4.98 Å². The number of nitrogens with zero attached hydrogens (tertiary/aromatic N) is 1. The summed E-state index contributed by atoms with van der Waals surface area (Å²) in [6.45, 7) is 1.99. The molecule has 2 aromatic carbocycles. The van der Waals surface area contributed by atoms with Gasteiger partial charge in [0.25, 0.3) is 5.91 Å². The van der Waals surface area contributed by atoms with Gasteiger partial charge in [0.05, 0.1) is 5.69 Å². The van der Waals surface area contributed by atoms with E-state index in [2.05, 4.69) is 64.3 Å². The van der Waals surface area contributed by atoms with Crippen LogP contribution in [0.25, 0.3) is 10.2 Å². The van der Waals surface area contributed by atoms with Crippen molar-refractivity contribution in [1.82, 2.24) is 4.98 Å². The molecule has 1 aliphatic carbocycles. The first kappa shape index (κ1) is 20.5. The molecule has 1 aliphatic rings. The molecule has 0 spiro atoms. The predicted octanol–water partition coefficient (Wildman–Crippen LogP) is 6.32. The highest BCUT2D eigenvalue weighted by molar-refractivity contribution is 14.1. The van der Waals surface area contributed by atoms with E-state index in [1.54, 1.807) is 0 Å². The highest BCUT2D eigenvalue weighted by Gasteiger charge is 2.24. The van der Waals surface area contributed by atoms with Crippen molar-refractivity contribution in [2.45, 2.75) is 32.1 Å². The van der Waals surface area contributed by atoms with Crippen molar-refractivity contribution in [3.05, 3.63) is 85.4 Å². The third kappa shape index (κ3) is 3.94. The summed E-state index contributed by atoms with van der Waals surface area (Å²) in [6.07, 6.45) is 3.00. The van der Waals surface area contributed by atoms with Gasteiger partial charge < -0.3 is 11.1 Å². The molecule has 2 aromatic heterocycles. The second-order valence-electron chi connectivity index (χ2n) is 8.06. The molecule has 0 saturated heterocycles. The molecule has 6 heteroatoms. The normalized spacial score (nSPS) is 15.6. The Balaban J connectivity index is 1.46. The Morgan fingerprint density at radius 2 is 2.00 bits per heavy atom. The Morgan fingerprint density at radius 1 is 1.19 bits per heavy atom. The topological polar surface area (TPSA) is 68.0 Å². The lowest BCUT2D eigenvalue weighted by Gasteiger charge is -2.24. The van der Waals surface area contributed by atoms with Gasteiger partial charge >= 0.3 is 0 Å². The van der Waals surface area contributed by atoms with Crippen LogP contribution in [-0.4, -0.2) is 10.9 Å². The number of rotatable bonds is 3. The first-order valence-electron chi connectivity index (χ1n) is 10.3. The number of fused-ring (bicyclic) bond motifs is 2. The minimum absolute atomic E-state index is 0.176. The smallest absolute Gasteiger partial charge is 0.267 e. The Labute approximate surface area is 199 Å². The van der Waals surface area contributed by atoms with Crippen molar-refractivity contribution in [1.29, 1.82) is 0 Å². The summed E-state index contributed by atoms with van der Waals surface area (Å²) in [5.41, 5.74) is 12.6. The average Bonchev–Trinajstić information content (AvgIpc) is 3.10. The van der Waals surface area contributed by atoms with Crippen molar-refractivity contribution in [2.75, 3.05) is 11.1 Å². The van der Waals surface area contributed by atoms with Crippen molar-refractivity contribution < 1.29 is 4.79 Å². The number of hydrogen-bond acceptors (Lipinski definition) is 4. The molecule has 156 valence electrons. The van der Waals surface area contributed by atoms with Crippen LogP contribution in [0.4, 0.5) is 11.4 Å². The second-order valence-corrected chi connectivity index (χ2v) is 10.3. The molecule has 4 aromatic rings. The summed E-state index contributed by atoms with van der Waals surface area (Å²) < 4.78 is 1.14. The number of carbonyl (C=O) groups is 1. The van der Waals surface area contributed by atoms with E-state index in [0.717, 1.165) is 50.0 Å². The summed E-state index contributed by atoms with van der Waals surface area (Å²) in [4.78, 5) is 19.3. The standard InChI is InChI=1S/C25H22IN3OS/c1-14-11-18(26)8-10-20(14)28-24(30)23-22(27)19-13-17-12-16(15-5-3-2-4-6-15)7-9-21(17)29-25(19)31-23/h2-6,8,10-11,13,16H,7,9,12,27H2,1H3,(H,28,30). The van der Waals surface area contributed by atoms with E-state index in [9.17, 15) is 4.79 Å². The van der Waals surface area contributed by atoms with E-state index in [4.69, 9.17) is 10.7 Å². The third-order valence-corrected chi connectivity index (χ3v) is 7.78. The van der Waals surface area contributed by atoms with Crippen molar-refractivity contribution in [3.63, 3.8) is 0 Å². The Hall–Kier alpha value is -2.45. The second kappa shape index (κ2) is 8.24. The molecule has 0 fully saturated rings. The zero-order valence-corrected chi connectivity index (χ0v) is 20.1. The predicted molar refractivity (Wildman–Crippen MR) is 137 cm³/mol. The van der Waals surface area contributed by atoms with Crippen molar-refractivity contribution in [3.8, 4) is 0 Å². The summed E-state index contributed by atoms with van der Waals surface area (Å²) in [5, 5.41) is 3.90. The summed E-state index contributed by atoms with van der Waals surface area (Å²) in [6, 6.07) is 18.8. The van der Waals surface area contributed by atoms with E-state index in [-0.39, 0.29) is 5.91 Å². The number of nitrogens with two attached hydrogens (primary N) is 1. The number of thiophene rings is 1. The van der Waals surface area contributed by atoms with Gasteiger partial charge in [0.1, 0.15) is 9.71 Å². The molecule has 0 aliphatic heterocycles. The van der Waals surface area contributed by atoms with Gasteiger partial charge in [0.15, 0.2) is 0 Å². The number of nitrogens with one attached hydrogen (secondary N) is 1. The van der Waals surface area contributed by atoms with Crippen LogP contribution in [0.1, 0.15) is 44.4 Å². The maximum absolute atomic E-state index is 13.0. The highest BCUT2D eigenvalue weighted by atomic mass is 127. The van der Waals surface area contributed by atoms with Crippen LogP contribution in [0.15, 0.2) is 54.6 Å². The molecule has 0 saturated carbocycles. The summed E-state index contributed by atoms with van der Waals surface area (Å²) in [5.74, 6) is 0.323. The quantitative estimate of drug-likeness (QED) is 0.300. The maximum atomic E-state index is 13.0. The number of halogens is 1. The van der Waals surface area contributed by atoms with Gasteiger partial charge in [0.2, 0.25) is 0 Å². The number of carbonyl (C=O) groups excluding carboxylic acids is 1. The highest BCUT2D eigenvalue weighted by Crippen LogP contribution is 2.38. The number of hydrogen-bond donors (Lipinski definition) is 2. The van der Waals surface area contributed by atoms with Gasteiger partial charge in [-0.15, -0.1) is 11.3 Å². The molecule has 5 rings (SSSR count). The first-order chi connectivity index (χ1) is 15.0. The largest absolute Gasteiger partial charge is 0.397 e. The SMILES string of the molecule is Cc1cc(I)ccc1NC(=O)c1sc2nc3c(cc2c1N)CC(c1ccccc1)CC3. The molecule has 4 nitrogen and oxygen atoms in total. The molecule has 0 radical (unpaired) electrons. The molecular weight excluding hydrogens is 517 g/mol. The fraction of sp³-hybridized carbons (Fsp3) is 0.200. The average molecular weight is 539 g/mol. The number of aryl methyl sites for hydroxylation is 2. The minimum atomic E-state index is -0.176. The van der Waals surface area contributed by atoms with Crippen LogP contribution < -0.4 is 11.1 Å². The maximum Gasteiger partial charge on any atom is 0.267 e. The lowest BCUT2D eigenvalue weighted by molar-refractivity contribution is 0.103. The van der Waals surface area contributed by atoms with Crippen LogP contribution in [0.3, 0.4) is 0 Å². The number of benzene rings is 2. The lowest BCUT2D eigenvalue weighted by atomic mass is 9.82. The van der Waals surface area contributed by atoms with E-state index in [1.165, 1.54) is 22.5 Å². The number of amides is 1. The Kier molecular flexibility index (Phi) is 5.44. The zero-order chi connectivity index (χ0) is 21.5. The van der Waals surface area contributed by atoms with Gasteiger partial charge in [-0.3, -0.25) is 4.79 Å². The molecule has 3 N–H and O–H groups in total. The Morgan fingerprint density at radius 3 is 2.77 bits per heavy atom. The summed E-state index contributed by atoms with van der Waals surface area (Å²) >= 11 is 3.65. The fourth-order valence-corrected chi connectivity index (χ4v) is 5.95. The van der Waals surface area contributed by atoms with Crippen LogP contribution in [0.5, 0.6) is 0 Å². The molecule has 1 atom stereocenters. The monoisotopic (exact) mass is 539 g/mol. The summed E-state index contributed by atoms with van der Waals surface area (Å²) in [7, 11) is 0. The van der Waals surface area contributed by atoms with Crippen molar-refractivity contribution in [2.24, 2.45) is 0 Å². The van der Waals surface area contributed by atoms with Gasteiger partial charge in [-0.1, -0.05) is 30.3 Å². The number of nitrogen functional groups attached to an aromatic ring is 1. The first-order valence-corrected chi connectivity index (χ1v) is 12.2. The van der Waals surface area contributed by atoms with Crippen LogP contribution in [0.2, 0.25) is 0 Å². The van der Waals surface area contributed by atoms with Gasteiger partial charge in [-0.2, -0.15) is 0 Å². The fourth-order valence-electron chi connectivity index (χ4n) is 4.32. The minimum Gasteiger partial charge on any atom is -0.397 e. The van der Waals surface area contributed by atoms with E-state index >= 15 is 0 Å². The molecular formula is C25H22IN3OS. The van der Waals surface area contributed by atoms with E-state index < -0.39 is 0 Å². The van der Waals surface area contributed by atoms with E-state index in [1.807, 2.05) is 25.1 Å². The lowest BCUT2D eigenvalue weighted by Crippen LogP contribution is -2.14. The number of aromatic nitrogens is 1. The van der Waals surface area contributed by atoms with E-state index in [0.29, 0.717) is 16.5 Å². The third-order valence-electron chi connectivity index (χ3n) is 6.00. The van der Waals surface area contributed by atoms with Crippen LogP contribution in [0, 0.1) is 10.5 Å². The Bertz CT molecular complexity index is 1300. The van der Waals surface area contributed by atoms with Gasteiger partial charge in [-0.05, 0) is 95.7 Å². The molecule has 1 amide bonds. The molecule has 1 unspecified atom stereocenters. The van der Waals surface area contributed by atoms with Crippen LogP contribution in [-0.2, 0) is 12.8 Å². The zero-order valence-electron chi connectivity index (χ0n) is 17.1. The van der Waals surface area contributed by atoms with Gasteiger partial charge in [0, 0.05) is 20.3 Å². The van der Waals surface area contributed by atoms with Crippen LogP contribution >= 0.6 is 33.9 Å². The molecule has 31 heavy (non-hydrogen) atoms. The number of pyridine rings is 1. The number of anilines is 2. The van der Waals surface area contributed by atoms with Crippen molar-refractivity contribution >= 4 is 61.4 Å². The molecule has 2 heterocycles.